The molecule has 34 heavy (non-hydrogen) atoms. The van der Waals surface area contributed by atoms with Gasteiger partial charge in [-0.2, -0.15) is 0 Å². The number of benzene rings is 2. The Morgan fingerprint density at radius 2 is 1.82 bits per heavy atom. The summed E-state index contributed by atoms with van der Waals surface area (Å²) in [5, 5.41) is 13.8. The van der Waals surface area contributed by atoms with Crippen LogP contribution in [0.15, 0.2) is 47.3 Å². The van der Waals surface area contributed by atoms with E-state index in [2.05, 4.69) is 38.4 Å². The van der Waals surface area contributed by atoms with E-state index in [-0.39, 0.29) is 11.6 Å². The molecule has 0 saturated carbocycles. The van der Waals surface area contributed by atoms with Crippen molar-refractivity contribution in [2.45, 2.75) is 45.7 Å². The number of nitrogens with zero attached hydrogens (tertiary/aromatic N) is 5. The zero-order valence-electron chi connectivity index (χ0n) is 19.9. The molecule has 1 aliphatic rings. The molecule has 0 spiro atoms. The number of aryl methyl sites for hydroxylation is 2. The predicted octanol–water partition coefficient (Wildman–Crippen LogP) is 3.76. The number of pyridine rings is 1. The molecule has 3 heterocycles. The van der Waals surface area contributed by atoms with Gasteiger partial charge < -0.3 is 9.72 Å². The lowest BCUT2D eigenvalue weighted by atomic mass is 9.98. The van der Waals surface area contributed by atoms with Gasteiger partial charge in [0.1, 0.15) is 11.8 Å². The first kappa shape index (κ1) is 22.3. The molecule has 4 aromatic rings. The van der Waals surface area contributed by atoms with E-state index in [9.17, 15) is 4.79 Å². The Bertz CT molecular complexity index is 1350. The van der Waals surface area contributed by atoms with Crippen LogP contribution in [0.3, 0.4) is 0 Å². The van der Waals surface area contributed by atoms with E-state index in [0.717, 1.165) is 59.3 Å². The van der Waals surface area contributed by atoms with E-state index >= 15 is 0 Å². The minimum absolute atomic E-state index is 0.0907. The van der Waals surface area contributed by atoms with Crippen LogP contribution in [0.2, 0.25) is 0 Å². The molecular formula is C26H30N6O2. The Balaban J connectivity index is 1.60. The first-order chi connectivity index (χ1) is 16.5. The van der Waals surface area contributed by atoms with Gasteiger partial charge in [-0.1, -0.05) is 24.6 Å². The van der Waals surface area contributed by atoms with E-state index in [0.29, 0.717) is 17.9 Å². The normalized spacial score (nSPS) is 15.5. The summed E-state index contributed by atoms with van der Waals surface area (Å²) < 4.78 is 7.09. The van der Waals surface area contributed by atoms with Crippen LogP contribution < -0.4 is 10.3 Å². The van der Waals surface area contributed by atoms with Crippen LogP contribution in [0.5, 0.6) is 5.75 Å². The molecule has 1 fully saturated rings. The van der Waals surface area contributed by atoms with Crippen molar-refractivity contribution in [2.24, 2.45) is 0 Å². The average molecular weight is 459 g/mol. The van der Waals surface area contributed by atoms with Gasteiger partial charge in [0.2, 0.25) is 0 Å². The Morgan fingerprint density at radius 1 is 1.06 bits per heavy atom. The monoisotopic (exact) mass is 458 g/mol. The summed E-state index contributed by atoms with van der Waals surface area (Å²) in [5.41, 5.74) is 4.79. The van der Waals surface area contributed by atoms with Gasteiger partial charge in [0.15, 0.2) is 5.82 Å². The maximum absolute atomic E-state index is 13.4. The number of aromatic amines is 1. The summed E-state index contributed by atoms with van der Waals surface area (Å²) in [6, 6.07) is 13.8. The Labute approximate surface area is 198 Å². The van der Waals surface area contributed by atoms with Crippen LogP contribution in [0.1, 0.15) is 53.4 Å². The number of tetrazole rings is 1. The van der Waals surface area contributed by atoms with Gasteiger partial charge in [-0.15, -0.1) is 5.10 Å². The molecule has 1 N–H and O–H groups in total. The third-order valence-corrected chi connectivity index (χ3v) is 6.69. The highest BCUT2D eigenvalue weighted by molar-refractivity contribution is 5.83. The number of ether oxygens (including phenoxy) is 1. The van der Waals surface area contributed by atoms with Crippen molar-refractivity contribution in [3.8, 4) is 5.75 Å². The number of fused-ring (bicyclic) bond motifs is 1. The van der Waals surface area contributed by atoms with E-state index < -0.39 is 0 Å². The lowest BCUT2D eigenvalue weighted by Gasteiger charge is -2.33. The fraction of sp³-hybridized carbons (Fsp3) is 0.385. The fourth-order valence-corrected chi connectivity index (χ4v) is 4.99. The maximum atomic E-state index is 13.4. The third kappa shape index (κ3) is 4.33. The van der Waals surface area contributed by atoms with Crippen molar-refractivity contribution < 1.29 is 4.74 Å². The number of piperidine rings is 1. The summed E-state index contributed by atoms with van der Waals surface area (Å²) in [7, 11) is 1.65. The topological polar surface area (TPSA) is 88.9 Å². The van der Waals surface area contributed by atoms with Gasteiger partial charge in [-0.3, -0.25) is 9.69 Å². The van der Waals surface area contributed by atoms with Crippen molar-refractivity contribution in [1.29, 1.82) is 0 Å². The minimum atomic E-state index is -0.317. The molecule has 1 saturated heterocycles. The van der Waals surface area contributed by atoms with E-state index in [1.807, 2.05) is 48.0 Å². The molecule has 0 amide bonds. The van der Waals surface area contributed by atoms with E-state index in [1.165, 1.54) is 6.42 Å². The number of hydrogen-bond donors (Lipinski definition) is 1. The Morgan fingerprint density at radius 3 is 2.56 bits per heavy atom. The van der Waals surface area contributed by atoms with Crippen LogP contribution in [0, 0.1) is 13.8 Å². The van der Waals surface area contributed by atoms with Gasteiger partial charge in [0.05, 0.1) is 13.7 Å². The first-order valence-electron chi connectivity index (χ1n) is 11.8. The smallest absolute Gasteiger partial charge is 0.253 e. The number of aromatic nitrogens is 5. The molecular weight excluding hydrogens is 428 g/mol. The predicted molar refractivity (Wildman–Crippen MR) is 131 cm³/mol. The molecule has 5 rings (SSSR count). The summed E-state index contributed by atoms with van der Waals surface area (Å²) in [6.07, 6.45) is 3.40. The number of nitrogens with one attached hydrogen (secondary N) is 1. The van der Waals surface area contributed by atoms with Crippen LogP contribution in [0.25, 0.3) is 10.9 Å². The van der Waals surface area contributed by atoms with Gasteiger partial charge in [0, 0.05) is 16.5 Å². The number of rotatable bonds is 6. The van der Waals surface area contributed by atoms with Gasteiger partial charge >= 0.3 is 0 Å². The van der Waals surface area contributed by atoms with Crippen molar-refractivity contribution in [2.75, 3.05) is 20.2 Å². The van der Waals surface area contributed by atoms with Crippen molar-refractivity contribution in [1.82, 2.24) is 30.1 Å². The molecule has 2 aromatic carbocycles. The molecule has 0 aliphatic carbocycles. The quantitative estimate of drug-likeness (QED) is 0.473. The maximum Gasteiger partial charge on any atom is 0.253 e. The molecule has 8 heteroatoms. The average Bonchev–Trinajstić information content (AvgIpc) is 3.28. The van der Waals surface area contributed by atoms with Gasteiger partial charge in [0.25, 0.3) is 5.56 Å². The zero-order chi connectivity index (χ0) is 23.7. The van der Waals surface area contributed by atoms with Crippen molar-refractivity contribution in [3.05, 3.63) is 80.9 Å². The molecule has 0 unspecified atom stereocenters. The molecule has 176 valence electrons. The standard InChI is InChI=1S/C26H30N6O2/c1-17-13-18(2)21-15-22(26(33)27-23(21)14-17)24(31-11-5-4-6-12-31)25-28-29-30-32(25)16-19-7-9-20(34-3)10-8-19/h7-10,13-15,24H,4-6,11-12,16H2,1-3H3,(H,27,33)/t24-/m0/s1. The fourth-order valence-electron chi connectivity index (χ4n) is 4.99. The second kappa shape index (κ2) is 9.38. The highest BCUT2D eigenvalue weighted by Crippen LogP contribution is 2.30. The highest BCUT2D eigenvalue weighted by Gasteiger charge is 2.31. The highest BCUT2D eigenvalue weighted by atomic mass is 16.5. The first-order valence-corrected chi connectivity index (χ1v) is 11.8. The molecule has 0 radical (unpaired) electrons. The van der Waals surface area contributed by atoms with Crippen LogP contribution in [-0.2, 0) is 6.54 Å². The SMILES string of the molecule is COc1ccc(Cn2nnnc2[C@H](c2cc3c(C)cc(C)cc3[nH]c2=O)N2CCCCC2)cc1. The number of hydrogen-bond acceptors (Lipinski definition) is 6. The summed E-state index contributed by atoms with van der Waals surface area (Å²) >= 11 is 0. The zero-order valence-corrected chi connectivity index (χ0v) is 19.9. The lowest BCUT2D eigenvalue weighted by molar-refractivity contribution is 0.177. The largest absolute Gasteiger partial charge is 0.497 e. The van der Waals surface area contributed by atoms with E-state index in [4.69, 9.17) is 4.74 Å². The summed E-state index contributed by atoms with van der Waals surface area (Å²) in [5.74, 6) is 1.49. The van der Waals surface area contributed by atoms with Crippen LogP contribution in [0.4, 0.5) is 0 Å². The number of likely N-dealkylation sites (tertiary alicyclic amines) is 1. The number of H-pyrrole nitrogens is 1. The molecule has 0 bridgehead atoms. The Kier molecular flexibility index (Phi) is 6.15. The molecule has 1 atom stereocenters. The van der Waals surface area contributed by atoms with Crippen LogP contribution >= 0.6 is 0 Å². The molecule has 8 nitrogen and oxygen atoms in total. The second-order valence-electron chi connectivity index (χ2n) is 9.14. The second-order valence-corrected chi connectivity index (χ2v) is 9.14. The molecule has 2 aromatic heterocycles. The number of methoxy groups -OCH3 is 1. The summed E-state index contributed by atoms with van der Waals surface area (Å²) in [4.78, 5) is 18.9. The van der Waals surface area contributed by atoms with Crippen molar-refractivity contribution >= 4 is 10.9 Å². The van der Waals surface area contributed by atoms with E-state index in [1.54, 1.807) is 7.11 Å². The summed E-state index contributed by atoms with van der Waals surface area (Å²) in [6.45, 7) is 6.46. The lowest BCUT2D eigenvalue weighted by Crippen LogP contribution is -2.38. The van der Waals surface area contributed by atoms with Crippen molar-refractivity contribution in [3.63, 3.8) is 0 Å². The van der Waals surface area contributed by atoms with Crippen LogP contribution in [-0.4, -0.2) is 50.3 Å². The third-order valence-electron chi connectivity index (χ3n) is 6.69. The van der Waals surface area contributed by atoms with Gasteiger partial charge in [-0.25, -0.2) is 4.68 Å². The van der Waals surface area contributed by atoms with Gasteiger partial charge in [-0.05, 0) is 91.2 Å². The minimum Gasteiger partial charge on any atom is -0.497 e. The Hall–Kier alpha value is -3.52. The molecule has 1 aliphatic heterocycles.